The summed E-state index contributed by atoms with van der Waals surface area (Å²) >= 11 is 0. The number of rotatable bonds is 2. The molecule has 2 aromatic rings. The van der Waals surface area contributed by atoms with Crippen LogP contribution in [0.5, 0.6) is 0 Å². The first-order valence-corrected chi connectivity index (χ1v) is 6.02. The van der Waals surface area contributed by atoms with E-state index in [-0.39, 0.29) is 17.5 Å². The Kier molecular flexibility index (Phi) is 2.45. The van der Waals surface area contributed by atoms with Crippen LogP contribution in [0.1, 0.15) is 37.2 Å². The van der Waals surface area contributed by atoms with E-state index in [9.17, 15) is 13.2 Å². The van der Waals surface area contributed by atoms with Crippen molar-refractivity contribution < 1.29 is 13.2 Å². The van der Waals surface area contributed by atoms with E-state index in [0.29, 0.717) is 17.8 Å². The first kappa shape index (κ1) is 12.2. The lowest BCUT2D eigenvalue weighted by Gasteiger charge is -2.08. The second-order valence-electron chi connectivity index (χ2n) is 4.59. The molecule has 0 aromatic carbocycles. The third-order valence-electron chi connectivity index (χ3n) is 3.18. The standard InChI is InChI=1S/C11H12F3N5/c1-2-19-8-7(17-10(19)15)6(5-3-4-5)16-9(18-8)11(12,13)14/h5H,2-4H2,1H3,(H2,15,17). The van der Waals surface area contributed by atoms with Gasteiger partial charge in [0.1, 0.15) is 5.52 Å². The number of nitrogens with two attached hydrogens (primary N) is 1. The predicted octanol–water partition coefficient (Wildman–Crippen LogP) is 2.32. The van der Waals surface area contributed by atoms with Crippen molar-refractivity contribution in [3.8, 4) is 0 Å². The van der Waals surface area contributed by atoms with E-state index in [2.05, 4.69) is 15.0 Å². The molecular formula is C11H12F3N5. The molecule has 1 fully saturated rings. The van der Waals surface area contributed by atoms with Crippen molar-refractivity contribution in [2.45, 2.75) is 38.4 Å². The van der Waals surface area contributed by atoms with Gasteiger partial charge in [-0.1, -0.05) is 0 Å². The van der Waals surface area contributed by atoms with Gasteiger partial charge in [-0.2, -0.15) is 13.2 Å². The fourth-order valence-corrected chi connectivity index (χ4v) is 2.12. The molecule has 19 heavy (non-hydrogen) atoms. The summed E-state index contributed by atoms with van der Waals surface area (Å²) in [7, 11) is 0. The molecule has 2 aromatic heterocycles. The maximum atomic E-state index is 12.8. The number of anilines is 1. The Balaban J connectivity index is 2.32. The maximum Gasteiger partial charge on any atom is 0.451 e. The zero-order valence-electron chi connectivity index (χ0n) is 10.2. The van der Waals surface area contributed by atoms with E-state index in [1.165, 1.54) is 4.57 Å². The highest BCUT2D eigenvalue weighted by Crippen LogP contribution is 2.42. The van der Waals surface area contributed by atoms with Crippen LogP contribution in [-0.4, -0.2) is 19.5 Å². The third kappa shape index (κ3) is 1.91. The lowest BCUT2D eigenvalue weighted by atomic mass is 10.2. The Morgan fingerprint density at radius 1 is 1.26 bits per heavy atom. The van der Waals surface area contributed by atoms with E-state index in [1.54, 1.807) is 6.92 Å². The number of halogens is 3. The zero-order valence-corrected chi connectivity index (χ0v) is 10.2. The topological polar surface area (TPSA) is 69.6 Å². The number of hydrogen-bond donors (Lipinski definition) is 1. The number of aromatic nitrogens is 4. The van der Waals surface area contributed by atoms with Crippen molar-refractivity contribution in [3.05, 3.63) is 11.5 Å². The number of hydrogen-bond acceptors (Lipinski definition) is 4. The molecule has 1 aliphatic carbocycles. The molecule has 0 saturated heterocycles. The molecular weight excluding hydrogens is 259 g/mol. The second kappa shape index (κ2) is 3.82. The Labute approximate surface area is 106 Å². The highest BCUT2D eigenvalue weighted by Gasteiger charge is 2.38. The second-order valence-corrected chi connectivity index (χ2v) is 4.59. The lowest BCUT2D eigenvalue weighted by molar-refractivity contribution is -0.144. The molecule has 0 bridgehead atoms. The Morgan fingerprint density at radius 2 is 1.95 bits per heavy atom. The van der Waals surface area contributed by atoms with Gasteiger partial charge >= 0.3 is 6.18 Å². The van der Waals surface area contributed by atoms with Crippen LogP contribution < -0.4 is 5.73 Å². The molecule has 0 spiro atoms. The highest BCUT2D eigenvalue weighted by atomic mass is 19.4. The molecule has 0 radical (unpaired) electrons. The van der Waals surface area contributed by atoms with Gasteiger partial charge in [0, 0.05) is 12.5 Å². The molecule has 2 N–H and O–H groups in total. The summed E-state index contributed by atoms with van der Waals surface area (Å²) in [5.41, 5.74) is 6.66. The monoisotopic (exact) mass is 271 g/mol. The molecule has 8 heteroatoms. The Bertz CT molecular complexity index is 642. The molecule has 0 atom stereocenters. The van der Waals surface area contributed by atoms with Crippen molar-refractivity contribution >= 4 is 17.1 Å². The van der Waals surface area contributed by atoms with E-state index >= 15 is 0 Å². The number of imidazole rings is 1. The van der Waals surface area contributed by atoms with E-state index in [4.69, 9.17) is 5.73 Å². The number of aryl methyl sites for hydroxylation is 1. The van der Waals surface area contributed by atoms with Crippen LogP contribution in [0, 0.1) is 0 Å². The molecule has 102 valence electrons. The maximum absolute atomic E-state index is 12.8. The van der Waals surface area contributed by atoms with E-state index in [1.807, 2.05) is 0 Å². The third-order valence-corrected chi connectivity index (χ3v) is 3.18. The molecule has 0 amide bonds. The van der Waals surface area contributed by atoms with Crippen LogP contribution in [0.4, 0.5) is 19.1 Å². The summed E-state index contributed by atoms with van der Waals surface area (Å²) in [4.78, 5) is 11.4. The minimum absolute atomic E-state index is 0.0474. The van der Waals surface area contributed by atoms with Crippen LogP contribution in [0.2, 0.25) is 0 Å². The molecule has 0 aliphatic heterocycles. The number of fused-ring (bicyclic) bond motifs is 1. The van der Waals surface area contributed by atoms with Gasteiger partial charge < -0.3 is 5.73 Å². The van der Waals surface area contributed by atoms with E-state index < -0.39 is 12.0 Å². The Morgan fingerprint density at radius 3 is 2.47 bits per heavy atom. The summed E-state index contributed by atoms with van der Waals surface area (Å²) in [6.07, 6.45) is -2.89. The smallest absolute Gasteiger partial charge is 0.369 e. The first-order chi connectivity index (χ1) is 8.91. The summed E-state index contributed by atoms with van der Waals surface area (Å²) < 4.78 is 40.0. The van der Waals surface area contributed by atoms with Gasteiger partial charge in [-0.15, -0.1) is 0 Å². The average Bonchev–Trinajstić information content (AvgIpc) is 3.09. The molecule has 3 rings (SSSR count). The minimum Gasteiger partial charge on any atom is -0.369 e. The summed E-state index contributed by atoms with van der Waals surface area (Å²) in [5.74, 6) is -0.893. The van der Waals surface area contributed by atoms with Crippen LogP contribution in [0.3, 0.4) is 0 Å². The molecule has 2 heterocycles. The SMILES string of the molecule is CCn1c(N)nc2c(C3CC3)nc(C(F)(F)F)nc21. The van der Waals surface area contributed by atoms with Gasteiger partial charge in [0.05, 0.1) is 5.69 Å². The summed E-state index contributed by atoms with van der Waals surface area (Å²) in [6.45, 7) is 2.20. The van der Waals surface area contributed by atoms with Crippen molar-refractivity contribution in [2.75, 3.05) is 5.73 Å². The zero-order chi connectivity index (χ0) is 13.8. The fourth-order valence-electron chi connectivity index (χ4n) is 2.12. The van der Waals surface area contributed by atoms with Gasteiger partial charge in [0.25, 0.3) is 0 Å². The van der Waals surface area contributed by atoms with Crippen molar-refractivity contribution in [2.24, 2.45) is 0 Å². The normalized spacial score (nSPS) is 16.2. The highest BCUT2D eigenvalue weighted by molar-refractivity contribution is 5.77. The molecule has 1 saturated carbocycles. The van der Waals surface area contributed by atoms with Gasteiger partial charge in [0.2, 0.25) is 11.8 Å². The van der Waals surface area contributed by atoms with Crippen LogP contribution >= 0.6 is 0 Å². The Hall–Kier alpha value is -1.86. The summed E-state index contributed by atoms with van der Waals surface area (Å²) in [5, 5.41) is 0. The van der Waals surface area contributed by atoms with Crippen molar-refractivity contribution in [3.63, 3.8) is 0 Å². The van der Waals surface area contributed by atoms with Gasteiger partial charge in [0.15, 0.2) is 5.65 Å². The van der Waals surface area contributed by atoms with Crippen LogP contribution in [0.25, 0.3) is 11.2 Å². The van der Waals surface area contributed by atoms with Gasteiger partial charge in [-0.25, -0.2) is 15.0 Å². The van der Waals surface area contributed by atoms with Crippen molar-refractivity contribution in [1.29, 1.82) is 0 Å². The largest absolute Gasteiger partial charge is 0.451 e. The molecule has 1 aliphatic rings. The van der Waals surface area contributed by atoms with Gasteiger partial charge in [-0.05, 0) is 19.8 Å². The van der Waals surface area contributed by atoms with Crippen molar-refractivity contribution in [1.82, 2.24) is 19.5 Å². The number of nitrogen functional groups attached to an aromatic ring is 1. The van der Waals surface area contributed by atoms with Crippen LogP contribution in [0.15, 0.2) is 0 Å². The number of alkyl halides is 3. The average molecular weight is 271 g/mol. The first-order valence-electron chi connectivity index (χ1n) is 6.02. The fraction of sp³-hybridized carbons (Fsp3) is 0.545. The minimum atomic E-state index is -4.56. The predicted molar refractivity (Wildman–Crippen MR) is 62.4 cm³/mol. The number of nitrogens with zero attached hydrogens (tertiary/aromatic N) is 4. The van der Waals surface area contributed by atoms with Gasteiger partial charge in [-0.3, -0.25) is 4.57 Å². The molecule has 5 nitrogen and oxygen atoms in total. The molecule has 0 unspecified atom stereocenters. The lowest BCUT2D eigenvalue weighted by Crippen LogP contribution is -2.13. The summed E-state index contributed by atoms with van der Waals surface area (Å²) in [6, 6.07) is 0. The van der Waals surface area contributed by atoms with Crippen LogP contribution in [-0.2, 0) is 12.7 Å². The quantitative estimate of drug-likeness (QED) is 0.910. The van der Waals surface area contributed by atoms with E-state index in [0.717, 1.165) is 12.8 Å².